The van der Waals surface area contributed by atoms with Gasteiger partial charge in [0, 0.05) is 37.0 Å². The van der Waals surface area contributed by atoms with E-state index in [0.29, 0.717) is 12.5 Å². The highest BCUT2D eigenvalue weighted by Crippen LogP contribution is 2.43. The zero-order valence-electron chi connectivity index (χ0n) is 15.8. The lowest BCUT2D eigenvalue weighted by Crippen LogP contribution is -2.29. The summed E-state index contributed by atoms with van der Waals surface area (Å²) in [6.07, 6.45) is 7.33. The molecule has 6 heteroatoms. The summed E-state index contributed by atoms with van der Waals surface area (Å²) in [6, 6.07) is 14.6. The summed E-state index contributed by atoms with van der Waals surface area (Å²) >= 11 is 1.80. The van der Waals surface area contributed by atoms with Crippen molar-refractivity contribution in [1.29, 1.82) is 0 Å². The molecule has 1 unspecified atom stereocenters. The molecule has 144 valence electrons. The predicted molar refractivity (Wildman–Crippen MR) is 116 cm³/mol. The van der Waals surface area contributed by atoms with Crippen LogP contribution in [0.2, 0.25) is 0 Å². The maximum atomic E-state index is 12.6. The topological polar surface area (TPSA) is 57.6 Å². The Hall–Kier alpha value is -2.99. The number of benzene rings is 2. The quantitative estimate of drug-likeness (QED) is 0.653. The molecule has 2 fully saturated rings. The number of nitrogens with one attached hydrogen (secondary N) is 1. The van der Waals surface area contributed by atoms with Gasteiger partial charge in [0.25, 0.3) is 0 Å². The van der Waals surface area contributed by atoms with Gasteiger partial charge in [0.1, 0.15) is 0 Å². The maximum absolute atomic E-state index is 12.6. The summed E-state index contributed by atoms with van der Waals surface area (Å²) in [5.74, 6) is 0.689. The molecule has 5 nitrogen and oxygen atoms in total. The Morgan fingerprint density at radius 2 is 1.97 bits per heavy atom. The second-order valence-corrected chi connectivity index (χ2v) is 8.92. The number of carbonyl (C=O) groups is 1. The van der Waals surface area contributed by atoms with Gasteiger partial charge in [-0.2, -0.15) is 0 Å². The molecular weight excluding hydrogens is 380 g/mol. The van der Waals surface area contributed by atoms with E-state index in [-0.39, 0.29) is 12.1 Å². The van der Waals surface area contributed by atoms with Crippen molar-refractivity contribution in [3.05, 3.63) is 64.8 Å². The van der Waals surface area contributed by atoms with Crippen LogP contribution in [0.15, 0.2) is 53.7 Å². The number of aromatic nitrogens is 1. The zero-order valence-corrected chi connectivity index (χ0v) is 16.7. The fourth-order valence-electron chi connectivity index (χ4n) is 4.11. The monoisotopic (exact) mass is 400 g/mol. The Labute approximate surface area is 173 Å². The molecule has 1 aliphatic carbocycles. The molecule has 2 amide bonds. The summed E-state index contributed by atoms with van der Waals surface area (Å²) in [4.78, 5) is 24.7. The molecule has 1 saturated heterocycles. The first kappa shape index (κ1) is 16.9. The minimum absolute atomic E-state index is 0.0246. The van der Waals surface area contributed by atoms with E-state index in [1.807, 2.05) is 29.4 Å². The Morgan fingerprint density at radius 3 is 2.79 bits per heavy atom. The van der Waals surface area contributed by atoms with Gasteiger partial charge < -0.3 is 5.32 Å². The van der Waals surface area contributed by atoms with Gasteiger partial charge >= 0.3 is 6.03 Å². The van der Waals surface area contributed by atoms with E-state index in [1.54, 1.807) is 11.3 Å². The molecule has 29 heavy (non-hydrogen) atoms. The number of urea groups is 1. The number of amides is 2. The lowest BCUT2D eigenvalue weighted by Gasteiger charge is -2.24. The van der Waals surface area contributed by atoms with Crippen LogP contribution in [0.4, 0.5) is 16.2 Å². The SMILES string of the molecule is O=C1NCC(c2ccc(-c3cnc(C4CC4)s3)cc2)N1c1ccc2c(c1)N=CC2. The second-order valence-electron chi connectivity index (χ2n) is 7.86. The van der Waals surface area contributed by atoms with E-state index in [9.17, 15) is 4.79 Å². The Morgan fingerprint density at radius 1 is 1.10 bits per heavy atom. The number of anilines is 1. The van der Waals surface area contributed by atoms with E-state index in [1.165, 1.54) is 33.9 Å². The van der Waals surface area contributed by atoms with Crippen LogP contribution in [0.5, 0.6) is 0 Å². The minimum Gasteiger partial charge on any atom is -0.335 e. The third kappa shape index (κ3) is 2.95. The summed E-state index contributed by atoms with van der Waals surface area (Å²) in [5.41, 5.74) is 5.39. The summed E-state index contributed by atoms with van der Waals surface area (Å²) in [6.45, 7) is 0.602. The molecule has 0 spiro atoms. The first-order chi connectivity index (χ1) is 14.3. The third-order valence-corrected chi connectivity index (χ3v) is 7.10. The fraction of sp³-hybridized carbons (Fsp3) is 0.261. The van der Waals surface area contributed by atoms with Crippen LogP contribution in [0.3, 0.4) is 0 Å². The number of fused-ring (bicyclic) bond motifs is 1. The average Bonchev–Trinajstić information content (AvgIpc) is 3.15. The highest BCUT2D eigenvalue weighted by Gasteiger charge is 2.33. The smallest absolute Gasteiger partial charge is 0.322 e. The van der Waals surface area contributed by atoms with Gasteiger partial charge in [-0.25, -0.2) is 9.78 Å². The van der Waals surface area contributed by atoms with Crippen LogP contribution in [0.25, 0.3) is 10.4 Å². The molecule has 2 aromatic carbocycles. The third-order valence-electron chi connectivity index (χ3n) is 5.90. The highest BCUT2D eigenvalue weighted by molar-refractivity contribution is 7.15. The van der Waals surface area contributed by atoms with E-state index >= 15 is 0 Å². The molecule has 1 saturated carbocycles. The molecule has 3 aromatic rings. The summed E-state index contributed by atoms with van der Waals surface area (Å²) < 4.78 is 0. The van der Waals surface area contributed by atoms with E-state index < -0.39 is 0 Å². The highest BCUT2D eigenvalue weighted by atomic mass is 32.1. The van der Waals surface area contributed by atoms with Gasteiger partial charge in [0.15, 0.2) is 0 Å². The molecule has 6 rings (SSSR count). The predicted octanol–water partition coefficient (Wildman–Crippen LogP) is 5.22. The fourth-order valence-corrected chi connectivity index (χ4v) is 5.21. The maximum Gasteiger partial charge on any atom is 0.322 e. The van der Waals surface area contributed by atoms with Crippen LogP contribution < -0.4 is 10.2 Å². The number of hydrogen-bond acceptors (Lipinski definition) is 4. The first-order valence-electron chi connectivity index (χ1n) is 10.0. The molecule has 1 N–H and O–H groups in total. The van der Waals surface area contributed by atoms with Crippen molar-refractivity contribution in [2.45, 2.75) is 31.2 Å². The molecule has 1 aromatic heterocycles. The van der Waals surface area contributed by atoms with Gasteiger partial charge in [-0.15, -0.1) is 11.3 Å². The Balaban J connectivity index is 1.29. The molecular formula is C23H20N4OS. The number of rotatable bonds is 4. The molecule has 0 radical (unpaired) electrons. The molecule has 3 aliphatic rings. The van der Waals surface area contributed by atoms with Gasteiger partial charge in [0.05, 0.1) is 21.6 Å². The van der Waals surface area contributed by atoms with E-state index in [4.69, 9.17) is 0 Å². The van der Waals surface area contributed by atoms with E-state index in [0.717, 1.165) is 23.4 Å². The zero-order chi connectivity index (χ0) is 19.4. The molecule has 0 bridgehead atoms. The molecule has 1 atom stereocenters. The van der Waals surface area contributed by atoms with Crippen molar-refractivity contribution in [3.63, 3.8) is 0 Å². The van der Waals surface area contributed by atoms with Gasteiger partial charge in [-0.05, 0) is 41.7 Å². The van der Waals surface area contributed by atoms with Crippen molar-refractivity contribution >= 4 is 35.0 Å². The minimum atomic E-state index is -0.0578. The van der Waals surface area contributed by atoms with Crippen LogP contribution in [0.1, 0.15) is 40.9 Å². The van der Waals surface area contributed by atoms with Crippen LogP contribution in [-0.2, 0) is 6.42 Å². The number of aliphatic imine (C=N–C) groups is 1. The van der Waals surface area contributed by atoms with Gasteiger partial charge in [0.2, 0.25) is 0 Å². The molecule has 2 aliphatic heterocycles. The lowest BCUT2D eigenvalue weighted by molar-refractivity contribution is 0.251. The Kier molecular flexibility index (Phi) is 3.81. The van der Waals surface area contributed by atoms with Crippen LogP contribution in [0, 0.1) is 0 Å². The second kappa shape index (κ2) is 6.52. The van der Waals surface area contributed by atoms with Crippen molar-refractivity contribution in [2.75, 3.05) is 11.4 Å². The van der Waals surface area contributed by atoms with Gasteiger partial charge in [-0.1, -0.05) is 30.3 Å². The van der Waals surface area contributed by atoms with Crippen LogP contribution in [-0.4, -0.2) is 23.8 Å². The first-order valence-corrected chi connectivity index (χ1v) is 10.9. The normalized spacial score (nSPS) is 20.2. The van der Waals surface area contributed by atoms with Gasteiger partial charge in [-0.3, -0.25) is 9.89 Å². The van der Waals surface area contributed by atoms with Crippen molar-refractivity contribution in [2.24, 2.45) is 4.99 Å². The molecule has 3 heterocycles. The number of nitrogens with zero attached hydrogens (tertiary/aromatic N) is 3. The van der Waals surface area contributed by atoms with Crippen molar-refractivity contribution in [1.82, 2.24) is 10.3 Å². The number of thiazole rings is 1. The lowest BCUT2D eigenvalue weighted by atomic mass is 10.0. The van der Waals surface area contributed by atoms with Crippen molar-refractivity contribution in [3.8, 4) is 10.4 Å². The van der Waals surface area contributed by atoms with E-state index in [2.05, 4.69) is 45.6 Å². The van der Waals surface area contributed by atoms with Crippen LogP contribution >= 0.6 is 11.3 Å². The average molecular weight is 401 g/mol. The standard InChI is InChI=1S/C23H20N4OS/c28-23-26-12-20(27(23)18-8-7-14-9-10-24-19(14)11-18)15-1-3-16(4-2-15)21-13-25-22(29-21)17-5-6-17/h1-4,7-8,10-11,13,17,20H,5-6,9,12H2,(H,26,28). The number of carbonyl (C=O) groups excluding carboxylic acids is 1. The largest absolute Gasteiger partial charge is 0.335 e. The number of hydrogen-bond donors (Lipinski definition) is 1. The van der Waals surface area contributed by atoms with Crippen molar-refractivity contribution < 1.29 is 4.79 Å². The summed E-state index contributed by atoms with van der Waals surface area (Å²) in [7, 11) is 0. The Bertz CT molecular complexity index is 1130. The summed E-state index contributed by atoms with van der Waals surface area (Å²) in [5, 5.41) is 4.26.